The van der Waals surface area contributed by atoms with Crippen molar-refractivity contribution in [1.29, 1.82) is 0 Å². The van der Waals surface area contributed by atoms with Crippen molar-refractivity contribution >= 4 is 62.4 Å². The monoisotopic (exact) mass is 730 g/mol. The van der Waals surface area contributed by atoms with Gasteiger partial charge in [-0.05, 0) is 85.4 Å². The van der Waals surface area contributed by atoms with Crippen LogP contribution in [0.3, 0.4) is 0 Å². The number of halogens is 1. The number of carbonyl (C=O) groups is 4. The van der Waals surface area contributed by atoms with Crippen LogP contribution >= 0.6 is 15.9 Å². The van der Waals surface area contributed by atoms with E-state index in [-0.39, 0.29) is 30.5 Å². The second-order valence-electron chi connectivity index (χ2n) is 13.4. The lowest BCUT2D eigenvalue weighted by molar-refractivity contribution is -0.136. The van der Waals surface area contributed by atoms with Gasteiger partial charge in [-0.1, -0.05) is 0 Å². The van der Waals surface area contributed by atoms with Crippen molar-refractivity contribution in [3.8, 4) is 0 Å². The van der Waals surface area contributed by atoms with E-state index in [1.54, 1.807) is 31.4 Å². The van der Waals surface area contributed by atoms with E-state index in [4.69, 9.17) is 0 Å². The first kappa shape index (κ1) is 33.0. The number of hydrogen-bond acceptors (Lipinski definition) is 10. The summed E-state index contributed by atoms with van der Waals surface area (Å²) in [6.07, 6.45) is 5.75. The quantitative estimate of drug-likeness (QED) is 0.364. The molecule has 4 aliphatic rings. The first-order chi connectivity index (χ1) is 23.5. The highest BCUT2D eigenvalue weighted by Crippen LogP contribution is 2.34. The molecule has 49 heavy (non-hydrogen) atoms. The number of fused-ring (bicyclic) bond motifs is 1. The molecule has 6 heterocycles. The van der Waals surface area contributed by atoms with E-state index >= 15 is 0 Å². The number of benzene rings is 1. The van der Waals surface area contributed by atoms with Crippen molar-refractivity contribution in [1.82, 2.24) is 24.7 Å². The van der Waals surface area contributed by atoms with Gasteiger partial charge in [0.15, 0.2) is 0 Å². The fourth-order valence-corrected chi connectivity index (χ4v) is 8.27. The third kappa shape index (κ3) is 6.23. The zero-order valence-electron chi connectivity index (χ0n) is 27.7. The third-order valence-corrected chi connectivity index (χ3v) is 10.7. The minimum Gasteiger partial charge on any atom is -0.369 e. The van der Waals surface area contributed by atoms with Crippen LogP contribution in [0.15, 0.2) is 58.1 Å². The molecule has 3 fully saturated rings. The number of aromatic nitrogens is 2. The third-order valence-electron chi connectivity index (χ3n) is 10.3. The van der Waals surface area contributed by atoms with Gasteiger partial charge >= 0.3 is 0 Å². The second kappa shape index (κ2) is 13.0. The maximum absolute atomic E-state index is 13.4. The van der Waals surface area contributed by atoms with Crippen molar-refractivity contribution in [3.05, 3.63) is 74.7 Å². The number of nitrogens with zero attached hydrogens (tertiary/aromatic N) is 6. The highest BCUT2D eigenvalue weighted by Gasteiger charge is 2.45. The van der Waals surface area contributed by atoms with Gasteiger partial charge in [0.25, 0.3) is 17.4 Å². The van der Waals surface area contributed by atoms with Crippen LogP contribution in [0.1, 0.15) is 60.2 Å². The van der Waals surface area contributed by atoms with Crippen LogP contribution in [-0.4, -0.2) is 93.3 Å². The Kier molecular flexibility index (Phi) is 8.78. The van der Waals surface area contributed by atoms with Gasteiger partial charge in [0.1, 0.15) is 17.5 Å². The minimum absolute atomic E-state index is 0.0926. The molecule has 0 spiro atoms. The van der Waals surface area contributed by atoms with Crippen molar-refractivity contribution in [2.24, 2.45) is 7.05 Å². The summed E-state index contributed by atoms with van der Waals surface area (Å²) in [5.41, 5.74) is 2.86. The lowest BCUT2D eigenvalue weighted by Gasteiger charge is -2.48. The average Bonchev–Trinajstić information content (AvgIpc) is 3.32. The molecule has 1 unspecified atom stereocenters. The molecule has 3 aromatic rings. The Morgan fingerprint density at radius 3 is 2.35 bits per heavy atom. The average molecular weight is 732 g/mol. The molecule has 0 bridgehead atoms. The van der Waals surface area contributed by atoms with Crippen molar-refractivity contribution in [2.75, 3.05) is 41.3 Å². The van der Waals surface area contributed by atoms with Gasteiger partial charge in [-0.2, -0.15) is 0 Å². The molecular formula is C35H39BrN8O5. The van der Waals surface area contributed by atoms with Gasteiger partial charge in [0.05, 0.1) is 23.0 Å². The van der Waals surface area contributed by atoms with E-state index in [1.807, 2.05) is 24.4 Å². The summed E-state index contributed by atoms with van der Waals surface area (Å²) >= 11 is 3.44. The summed E-state index contributed by atoms with van der Waals surface area (Å²) in [4.78, 5) is 76.0. The molecule has 4 amide bonds. The number of piperazine rings is 1. The zero-order valence-corrected chi connectivity index (χ0v) is 29.3. The molecule has 0 aliphatic carbocycles. The lowest BCUT2D eigenvalue weighted by Crippen LogP contribution is -2.58. The first-order valence-electron chi connectivity index (χ1n) is 16.7. The number of anilines is 4. The fraction of sp³-hybridized carbons (Fsp3) is 0.429. The van der Waals surface area contributed by atoms with E-state index in [2.05, 4.69) is 60.1 Å². The van der Waals surface area contributed by atoms with Crippen LogP contribution in [0.25, 0.3) is 0 Å². The molecule has 14 heteroatoms. The topological polar surface area (TPSA) is 140 Å². The van der Waals surface area contributed by atoms with Gasteiger partial charge in [-0.3, -0.25) is 39.1 Å². The Hall–Kier alpha value is -4.56. The van der Waals surface area contributed by atoms with Gasteiger partial charge in [-0.15, -0.1) is 0 Å². The van der Waals surface area contributed by atoms with Crippen LogP contribution in [0, 0.1) is 0 Å². The van der Waals surface area contributed by atoms with Crippen LogP contribution < -0.4 is 26.0 Å². The van der Waals surface area contributed by atoms with E-state index in [1.165, 1.54) is 4.57 Å². The first-order valence-corrected chi connectivity index (χ1v) is 17.5. The second-order valence-corrected chi connectivity index (χ2v) is 14.4. The number of amides is 4. The fourth-order valence-electron chi connectivity index (χ4n) is 7.73. The van der Waals surface area contributed by atoms with Gasteiger partial charge in [0.2, 0.25) is 11.8 Å². The number of nitrogens with one attached hydrogen (secondary N) is 2. The van der Waals surface area contributed by atoms with Crippen molar-refractivity contribution < 1.29 is 19.2 Å². The smallest absolute Gasteiger partial charge is 0.274 e. The summed E-state index contributed by atoms with van der Waals surface area (Å²) in [6, 6.07) is 11.0. The molecule has 13 nitrogen and oxygen atoms in total. The number of rotatable bonds is 6. The molecule has 2 N–H and O–H groups in total. The number of hydrogen-bond donors (Lipinski definition) is 2. The van der Waals surface area contributed by atoms with Gasteiger partial charge in [0, 0.05) is 74.1 Å². The van der Waals surface area contributed by atoms with Crippen molar-refractivity contribution in [2.45, 2.75) is 63.7 Å². The van der Waals surface area contributed by atoms with E-state index in [9.17, 15) is 24.0 Å². The van der Waals surface area contributed by atoms with Crippen LogP contribution in [-0.2, 0) is 16.6 Å². The van der Waals surface area contributed by atoms with Gasteiger partial charge < -0.3 is 19.7 Å². The normalized spacial score (nSPS) is 24.7. The minimum atomic E-state index is -0.974. The summed E-state index contributed by atoms with van der Waals surface area (Å²) in [5, 5.41) is 5.38. The van der Waals surface area contributed by atoms with E-state index < -0.39 is 29.7 Å². The molecule has 3 saturated heterocycles. The Labute approximate surface area is 292 Å². The highest BCUT2D eigenvalue weighted by atomic mass is 79.9. The predicted octanol–water partition coefficient (Wildman–Crippen LogP) is 3.26. The Bertz CT molecular complexity index is 1900. The molecule has 2 aromatic heterocycles. The number of imide groups is 2. The SMILES string of the molecule is C[C@H]1C[C@@H](N2CCN(c3ccc(Nc4cc(Br)cn(C)c4=O)nc3)[C@@H](C)C2)CCN1c1ccc2c(c1)C(=O)N(C1CCC(=O)NC1=O)C2=O. The van der Waals surface area contributed by atoms with Crippen molar-refractivity contribution in [3.63, 3.8) is 0 Å². The molecule has 256 valence electrons. The molecule has 1 aromatic carbocycles. The van der Waals surface area contributed by atoms with E-state index in [0.29, 0.717) is 28.7 Å². The molecule has 4 atom stereocenters. The molecule has 4 aliphatic heterocycles. The summed E-state index contributed by atoms with van der Waals surface area (Å²) in [7, 11) is 1.71. The van der Waals surface area contributed by atoms with Gasteiger partial charge in [-0.25, -0.2) is 4.98 Å². The lowest BCUT2D eigenvalue weighted by atomic mass is 9.94. The predicted molar refractivity (Wildman–Crippen MR) is 188 cm³/mol. The highest BCUT2D eigenvalue weighted by molar-refractivity contribution is 9.10. The molecule has 0 saturated carbocycles. The number of piperidine rings is 2. The summed E-state index contributed by atoms with van der Waals surface area (Å²) in [6.45, 7) is 7.99. The van der Waals surface area contributed by atoms with Crippen LogP contribution in [0.5, 0.6) is 0 Å². The number of pyridine rings is 2. The number of aryl methyl sites for hydroxylation is 1. The van der Waals surface area contributed by atoms with E-state index in [0.717, 1.165) is 59.8 Å². The standard InChI is InChI=1S/C35H39BrN8O5/c1-20-14-23(10-11-42(20)24-4-6-26-27(16-24)34(48)44(33(26)47)29-7-9-31(45)39-32(29)46)41-12-13-43(21(2)18-41)25-5-8-30(37-17-25)38-28-15-22(36)19-40(3)35(28)49/h4-6,8,15-17,19-21,23,29H,7,9-14,18H2,1-3H3,(H,37,38)(H,39,45,46)/t20-,21-,23-,29?/m0/s1. The zero-order chi connectivity index (χ0) is 34.6. The van der Waals surface area contributed by atoms with Crippen LogP contribution in [0.2, 0.25) is 0 Å². The Morgan fingerprint density at radius 1 is 0.878 bits per heavy atom. The molecule has 7 rings (SSSR count). The maximum Gasteiger partial charge on any atom is 0.274 e. The Balaban J connectivity index is 0.959. The number of carbonyl (C=O) groups excluding carboxylic acids is 4. The Morgan fingerprint density at radius 2 is 1.63 bits per heavy atom. The summed E-state index contributed by atoms with van der Waals surface area (Å²) < 4.78 is 2.32. The summed E-state index contributed by atoms with van der Waals surface area (Å²) in [5.74, 6) is -1.36. The largest absolute Gasteiger partial charge is 0.369 e. The van der Waals surface area contributed by atoms with Crippen LogP contribution in [0.4, 0.5) is 22.9 Å². The molecular weight excluding hydrogens is 692 g/mol. The molecule has 0 radical (unpaired) electrons. The maximum atomic E-state index is 13.4.